The second-order valence-corrected chi connectivity index (χ2v) is 7.13. The van der Waals surface area contributed by atoms with E-state index < -0.39 is 15.4 Å². The summed E-state index contributed by atoms with van der Waals surface area (Å²) in [7, 11) is -2.77. The van der Waals surface area contributed by atoms with Crippen LogP contribution in [0.1, 0.15) is 38.5 Å². The lowest BCUT2D eigenvalue weighted by atomic mass is 9.89. The molecule has 0 spiro atoms. The summed E-state index contributed by atoms with van der Waals surface area (Å²) in [5.41, 5.74) is -0.537. The van der Waals surface area contributed by atoms with Crippen LogP contribution in [-0.4, -0.2) is 30.6 Å². The highest BCUT2D eigenvalue weighted by Gasteiger charge is 2.37. The molecule has 2 aliphatic rings. The molecule has 2 fully saturated rings. The molecular weight excluding hydrogens is 200 g/mol. The van der Waals surface area contributed by atoms with Crippen molar-refractivity contribution in [2.45, 2.75) is 44.1 Å². The van der Waals surface area contributed by atoms with Crippen LogP contribution in [0.25, 0.3) is 0 Å². The van der Waals surface area contributed by atoms with E-state index in [2.05, 4.69) is 0 Å². The van der Waals surface area contributed by atoms with Crippen LogP contribution in [0.2, 0.25) is 0 Å². The van der Waals surface area contributed by atoms with Gasteiger partial charge in [0, 0.05) is 0 Å². The maximum Gasteiger partial charge on any atom is 0.150 e. The molecule has 1 saturated carbocycles. The largest absolute Gasteiger partial charge is 0.390 e. The molecular formula is C10H18O3S. The molecule has 1 aliphatic carbocycles. The summed E-state index contributed by atoms with van der Waals surface area (Å²) >= 11 is 0. The first-order valence-electron chi connectivity index (χ1n) is 5.42. The minimum absolute atomic E-state index is 0.211. The molecule has 0 aromatic rings. The van der Waals surface area contributed by atoms with Crippen molar-refractivity contribution >= 4 is 9.84 Å². The molecule has 1 N–H and O–H groups in total. The fourth-order valence-corrected chi connectivity index (χ4v) is 4.67. The number of aliphatic hydroxyl groups is 1. The Kier molecular flexibility index (Phi) is 2.60. The van der Waals surface area contributed by atoms with Gasteiger partial charge in [-0.1, -0.05) is 12.8 Å². The van der Waals surface area contributed by atoms with Gasteiger partial charge in [-0.2, -0.15) is 0 Å². The Balaban J connectivity index is 1.93. The first kappa shape index (κ1) is 10.4. The molecule has 1 unspecified atom stereocenters. The van der Waals surface area contributed by atoms with Crippen LogP contribution in [0.5, 0.6) is 0 Å². The zero-order chi connectivity index (χ0) is 10.2. The third-order valence-electron chi connectivity index (χ3n) is 3.53. The lowest BCUT2D eigenvalue weighted by Crippen LogP contribution is -2.28. The van der Waals surface area contributed by atoms with Crippen LogP contribution >= 0.6 is 0 Å². The van der Waals surface area contributed by atoms with Crippen molar-refractivity contribution in [1.29, 1.82) is 0 Å². The molecule has 1 atom stereocenters. The predicted molar refractivity (Wildman–Crippen MR) is 54.8 cm³/mol. The van der Waals surface area contributed by atoms with Gasteiger partial charge in [0.1, 0.15) is 0 Å². The molecule has 14 heavy (non-hydrogen) atoms. The molecule has 2 rings (SSSR count). The molecule has 0 radical (unpaired) electrons. The summed E-state index contributed by atoms with van der Waals surface area (Å²) in [5.74, 6) is 0.839. The lowest BCUT2D eigenvalue weighted by Gasteiger charge is -2.24. The first-order valence-corrected chi connectivity index (χ1v) is 7.24. The molecule has 0 aromatic heterocycles. The number of rotatable bonds is 2. The van der Waals surface area contributed by atoms with E-state index in [-0.39, 0.29) is 5.92 Å². The van der Waals surface area contributed by atoms with E-state index in [0.29, 0.717) is 17.9 Å². The van der Waals surface area contributed by atoms with Crippen LogP contribution in [0.15, 0.2) is 0 Å². The summed E-state index contributed by atoms with van der Waals surface area (Å²) in [5, 5.41) is 10.1. The maximum absolute atomic E-state index is 11.2. The monoisotopic (exact) mass is 218 g/mol. The molecule has 1 saturated heterocycles. The van der Waals surface area contributed by atoms with E-state index >= 15 is 0 Å². The molecule has 0 bridgehead atoms. The summed E-state index contributed by atoms with van der Waals surface area (Å²) in [6.45, 7) is 0. The highest BCUT2D eigenvalue weighted by molar-refractivity contribution is 7.91. The Bertz CT molecular complexity index is 301. The van der Waals surface area contributed by atoms with E-state index in [4.69, 9.17) is 0 Å². The van der Waals surface area contributed by atoms with Gasteiger partial charge in [0.15, 0.2) is 9.84 Å². The van der Waals surface area contributed by atoms with Crippen LogP contribution in [0.4, 0.5) is 0 Å². The average Bonchev–Trinajstić information content (AvgIpc) is 2.59. The van der Waals surface area contributed by atoms with Crippen molar-refractivity contribution in [3.05, 3.63) is 0 Å². The third-order valence-corrected chi connectivity index (χ3v) is 5.37. The second kappa shape index (κ2) is 3.49. The van der Waals surface area contributed by atoms with Crippen LogP contribution in [-0.2, 0) is 9.84 Å². The maximum atomic E-state index is 11.2. The lowest BCUT2D eigenvalue weighted by molar-refractivity contribution is 0.0254. The summed E-state index contributed by atoms with van der Waals surface area (Å²) in [6.07, 6.45) is 5.37. The van der Waals surface area contributed by atoms with Gasteiger partial charge < -0.3 is 5.11 Å². The van der Waals surface area contributed by atoms with Crippen molar-refractivity contribution in [3.63, 3.8) is 0 Å². The molecule has 1 aliphatic heterocycles. The second-order valence-electron chi connectivity index (χ2n) is 4.90. The molecule has 0 amide bonds. The number of sulfone groups is 1. The van der Waals surface area contributed by atoms with E-state index in [1.54, 1.807) is 0 Å². The van der Waals surface area contributed by atoms with E-state index in [0.717, 1.165) is 32.1 Å². The summed E-state index contributed by atoms with van der Waals surface area (Å²) in [4.78, 5) is 0. The Morgan fingerprint density at radius 1 is 1.29 bits per heavy atom. The van der Waals surface area contributed by atoms with Gasteiger partial charge in [0.2, 0.25) is 0 Å². The molecule has 82 valence electrons. The van der Waals surface area contributed by atoms with Gasteiger partial charge in [0.05, 0.1) is 17.1 Å². The van der Waals surface area contributed by atoms with Crippen molar-refractivity contribution in [3.8, 4) is 0 Å². The molecule has 4 heteroatoms. The predicted octanol–water partition coefficient (Wildman–Crippen LogP) is 1.12. The standard InChI is InChI=1S/C10H18O3S/c11-10(4-1-2-5-10)7-9-3-6-14(12,13)8-9/h9,11H,1-8H2. The molecule has 1 heterocycles. The number of hydrogen-bond donors (Lipinski definition) is 1. The summed E-state index contributed by atoms with van der Waals surface area (Å²) < 4.78 is 22.5. The smallest absolute Gasteiger partial charge is 0.150 e. The average molecular weight is 218 g/mol. The van der Waals surface area contributed by atoms with Gasteiger partial charge in [-0.15, -0.1) is 0 Å². The normalized spacial score (nSPS) is 34.8. The van der Waals surface area contributed by atoms with Crippen LogP contribution in [0.3, 0.4) is 0 Å². The topological polar surface area (TPSA) is 54.4 Å². The van der Waals surface area contributed by atoms with Gasteiger partial charge in [-0.25, -0.2) is 8.42 Å². The zero-order valence-corrected chi connectivity index (χ0v) is 9.22. The zero-order valence-electron chi connectivity index (χ0n) is 8.41. The Hall–Kier alpha value is -0.0900. The van der Waals surface area contributed by atoms with Gasteiger partial charge in [0.25, 0.3) is 0 Å². The Morgan fingerprint density at radius 3 is 2.43 bits per heavy atom. The van der Waals surface area contributed by atoms with Crippen LogP contribution in [0, 0.1) is 5.92 Å². The highest BCUT2D eigenvalue weighted by Crippen LogP contribution is 2.37. The fourth-order valence-electron chi connectivity index (χ4n) is 2.81. The molecule has 0 aromatic carbocycles. The highest BCUT2D eigenvalue weighted by atomic mass is 32.2. The minimum atomic E-state index is -2.77. The minimum Gasteiger partial charge on any atom is -0.390 e. The van der Waals surface area contributed by atoms with Crippen molar-refractivity contribution in [2.75, 3.05) is 11.5 Å². The Labute approximate surface area is 85.4 Å². The van der Waals surface area contributed by atoms with Crippen LogP contribution < -0.4 is 0 Å². The SMILES string of the molecule is O=S1(=O)CCC(CC2(O)CCCC2)C1. The molecule has 3 nitrogen and oxygen atoms in total. The quantitative estimate of drug-likeness (QED) is 0.755. The van der Waals surface area contributed by atoms with Crippen molar-refractivity contribution < 1.29 is 13.5 Å². The summed E-state index contributed by atoms with van der Waals surface area (Å²) in [6, 6.07) is 0. The third kappa shape index (κ3) is 2.28. The van der Waals surface area contributed by atoms with E-state index in [9.17, 15) is 13.5 Å². The van der Waals surface area contributed by atoms with Crippen molar-refractivity contribution in [2.24, 2.45) is 5.92 Å². The number of hydrogen-bond acceptors (Lipinski definition) is 3. The van der Waals surface area contributed by atoms with E-state index in [1.165, 1.54) is 0 Å². The van der Waals surface area contributed by atoms with E-state index in [1.807, 2.05) is 0 Å². The fraction of sp³-hybridized carbons (Fsp3) is 1.00. The van der Waals surface area contributed by atoms with Gasteiger partial charge in [-0.05, 0) is 31.6 Å². The van der Waals surface area contributed by atoms with Gasteiger partial charge >= 0.3 is 0 Å². The first-order chi connectivity index (χ1) is 6.49. The Morgan fingerprint density at radius 2 is 1.93 bits per heavy atom. The van der Waals surface area contributed by atoms with Gasteiger partial charge in [-0.3, -0.25) is 0 Å². The van der Waals surface area contributed by atoms with Crippen molar-refractivity contribution in [1.82, 2.24) is 0 Å².